The van der Waals surface area contributed by atoms with Crippen LogP contribution in [0.5, 0.6) is 0 Å². The fourth-order valence-corrected chi connectivity index (χ4v) is 1.09. The molecule has 0 radical (unpaired) electrons. The van der Waals surface area contributed by atoms with Gasteiger partial charge in [-0.1, -0.05) is 6.08 Å². The van der Waals surface area contributed by atoms with Gasteiger partial charge in [0.1, 0.15) is 24.0 Å². The predicted octanol–water partition coefficient (Wildman–Crippen LogP) is 2.00. The Balaban J connectivity index is 3.00. The Morgan fingerprint density at radius 2 is 1.94 bits per heavy atom. The van der Waals surface area contributed by atoms with Crippen LogP contribution >= 0.6 is 0 Å². The van der Waals surface area contributed by atoms with Crippen LogP contribution in [0.2, 0.25) is 0 Å². The van der Waals surface area contributed by atoms with Crippen LogP contribution < -0.4 is 5.73 Å². The molecule has 5 heteroatoms. The van der Waals surface area contributed by atoms with Crippen LogP contribution in [-0.4, -0.2) is 0 Å². The van der Waals surface area contributed by atoms with Gasteiger partial charge in [-0.15, -0.1) is 0 Å². The fraction of sp³-hybridized carbons (Fsp3) is 0. The van der Waals surface area contributed by atoms with Crippen molar-refractivity contribution >= 4 is 6.08 Å². The number of hydrogen-bond acceptors (Lipinski definition) is 5. The minimum absolute atomic E-state index is 0.0518. The fourth-order valence-electron chi connectivity index (χ4n) is 1.09. The molecule has 0 amide bonds. The molecule has 0 saturated carbocycles. The third-order valence-electron chi connectivity index (χ3n) is 1.97. The molecular weight excluding hydrogens is 228 g/mol. The van der Waals surface area contributed by atoms with Crippen LogP contribution in [0.1, 0.15) is 5.76 Å². The SMILES string of the molecule is N#CC(=CC=Cc1ccco1)C(N)=C(C#N)C#N. The molecule has 0 bridgehead atoms. The summed E-state index contributed by atoms with van der Waals surface area (Å²) in [6.07, 6.45) is 6.11. The third-order valence-corrected chi connectivity index (χ3v) is 1.97. The maximum absolute atomic E-state index is 8.88. The average Bonchev–Trinajstić information content (AvgIpc) is 2.89. The zero-order chi connectivity index (χ0) is 13.4. The van der Waals surface area contributed by atoms with Gasteiger partial charge in [-0.25, -0.2) is 0 Å². The molecular formula is C13H8N4O. The molecule has 1 aromatic heterocycles. The van der Waals surface area contributed by atoms with E-state index >= 15 is 0 Å². The van der Waals surface area contributed by atoms with Gasteiger partial charge in [0, 0.05) is 0 Å². The van der Waals surface area contributed by atoms with Crippen LogP contribution in [0, 0.1) is 34.0 Å². The van der Waals surface area contributed by atoms with E-state index in [1.165, 1.54) is 12.3 Å². The van der Waals surface area contributed by atoms with Gasteiger partial charge in [-0.3, -0.25) is 0 Å². The molecule has 0 aliphatic rings. The van der Waals surface area contributed by atoms with Crippen molar-refractivity contribution in [2.24, 2.45) is 5.73 Å². The van der Waals surface area contributed by atoms with E-state index in [2.05, 4.69) is 0 Å². The van der Waals surface area contributed by atoms with Gasteiger partial charge >= 0.3 is 0 Å². The van der Waals surface area contributed by atoms with Crippen molar-refractivity contribution in [3.63, 3.8) is 0 Å². The molecule has 5 nitrogen and oxygen atoms in total. The lowest BCUT2D eigenvalue weighted by molar-refractivity contribution is 0.557. The first-order valence-electron chi connectivity index (χ1n) is 4.85. The molecule has 0 fully saturated rings. The summed E-state index contributed by atoms with van der Waals surface area (Å²) in [5, 5.41) is 26.2. The van der Waals surface area contributed by atoms with Crippen molar-refractivity contribution in [1.82, 2.24) is 0 Å². The third kappa shape index (κ3) is 3.13. The van der Waals surface area contributed by atoms with Crippen LogP contribution in [0.3, 0.4) is 0 Å². The predicted molar refractivity (Wildman–Crippen MR) is 63.9 cm³/mol. The Hall–Kier alpha value is -3.23. The largest absolute Gasteiger partial charge is 0.465 e. The van der Waals surface area contributed by atoms with Gasteiger partial charge in [0.05, 0.1) is 17.5 Å². The van der Waals surface area contributed by atoms with Gasteiger partial charge in [0.15, 0.2) is 5.57 Å². The summed E-state index contributed by atoms with van der Waals surface area (Å²) in [6.45, 7) is 0. The Morgan fingerprint density at radius 3 is 2.44 bits per heavy atom. The maximum Gasteiger partial charge on any atom is 0.153 e. The van der Waals surface area contributed by atoms with Crippen molar-refractivity contribution in [2.45, 2.75) is 0 Å². The Kier molecular flexibility index (Phi) is 4.55. The lowest BCUT2D eigenvalue weighted by atomic mass is 10.1. The molecule has 0 unspecified atom stereocenters. The molecule has 2 N–H and O–H groups in total. The number of nitrogens with zero attached hydrogens (tertiary/aromatic N) is 3. The minimum Gasteiger partial charge on any atom is -0.465 e. The second-order valence-electron chi connectivity index (χ2n) is 3.08. The average molecular weight is 236 g/mol. The molecule has 0 aromatic carbocycles. The number of nitrogens with two attached hydrogens (primary N) is 1. The summed E-state index contributed by atoms with van der Waals surface area (Å²) < 4.78 is 5.05. The summed E-state index contributed by atoms with van der Waals surface area (Å²) in [6, 6.07) is 8.55. The molecule has 18 heavy (non-hydrogen) atoms. The van der Waals surface area contributed by atoms with Gasteiger partial charge < -0.3 is 10.2 Å². The van der Waals surface area contributed by atoms with Crippen LogP contribution in [0.4, 0.5) is 0 Å². The van der Waals surface area contributed by atoms with Gasteiger partial charge in [-0.05, 0) is 24.3 Å². The molecule has 0 aliphatic heterocycles. The number of nitriles is 3. The van der Waals surface area contributed by atoms with E-state index in [1.54, 1.807) is 36.4 Å². The van der Waals surface area contributed by atoms with Crippen molar-refractivity contribution in [3.8, 4) is 18.2 Å². The van der Waals surface area contributed by atoms with Crippen LogP contribution in [0.15, 0.2) is 51.8 Å². The van der Waals surface area contributed by atoms with E-state index in [9.17, 15) is 0 Å². The zero-order valence-electron chi connectivity index (χ0n) is 9.29. The first-order valence-corrected chi connectivity index (χ1v) is 4.85. The van der Waals surface area contributed by atoms with E-state index in [0.29, 0.717) is 5.76 Å². The molecule has 1 aromatic rings. The standard InChI is InChI=1S/C13H8N4O/c14-7-10(13(17)11(8-15)9-16)3-1-4-12-5-2-6-18-12/h1-6H,17H2. The van der Waals surface area contributed by atoms with Gasteiger partial charge in [-0.2, -0.15) is 15.8 Å². The molecule has 1 heterocycles. The highest BCUT2D eigenvalue weighted by atomic mass is 16.3. The summed E-state index contributed by atoms with van der Waals surface area (Å²) in [5.41, 5.74) is 5.18. The van der Waals surface area contributed by atoms with Crippen LogP contribution in [0.25, 0.3) is 6.08 Å². The molecule has 1 rings (SSSR count). The number of rotatable bonds is 3. The Bertz CT molecular complexity index is 612. The minimum atomic E-state index is -0.283. The smallest absolute Gasteiger partial charge is 0.153 e. The molecule has 0 saturated heterocycles. The van der Waals surface area contributed by atoms with Gasteiger partial charge in [0.2, 0.25) is 0 Å². The van der Waals surface area contributed by atoms with E-state index in [4.69, 9.17) is 25.9 Å². The van der Waals surface area contributed by atoms with Crippen molar-refractivity contribution < 1.29 is 4.42 Å². The molecule has 0 atom stereocenters. The van der Waals surface area contributed by atoms with Crippen LogP contribution in [-0.2, 0) is 0 Å². The highest BCUT2D eigenvalue weighted by Gasteiger charge is 2.06. The number of allylic oxidation sites excluding steroid dienone is 4. The molecule has 86 valence electrons. The molecule has 0 aliphatic carbocycles. The Morgan fingerprint density at radius 1 is 1.22 bits per heavy atom. The highest BCUT2D eigenvalue weighted by molar-refractivity contribution is 5.55. The monoisotopic (exact) mass is 236 g/mol. The summed E-state index contributed by atoms with van der Waals surface area (Å²) in [5.74, 6) is 0.617. The van der Waals surface area contributed by atoms with E-state index in [0.717, 1.165) is 0 Å². The summed E-state index contributed by atoms with van der Waals surface area (Å²) in [7, 11) is 0. The summed E-state index contributed by atoms with van der Waals surface area (Å²) >= 11 is 0. The van der Waals surface area contributed by atoms with E-state index in [-0.39, 0.29) is 16.8 Å². The van der Waals surface area contributed by atoms with E-state index in [1.807, 2.05) is 6.07 Å². The zero-order valence-corrected chi connectivity index (χ0v) is 9.29. The van der Waals surface area contributed by atoms with E-state index < -0.39 is 0 Å². The van der Waals surface area contributed by atoms with Crippen molar-refractivity contribution in [3.05, 3.63) is 53.2 Å². The molecule has 0 spiro atoms. The van der Waals surface area contributed by atoms with Crippen molar-refractivity contribution in [2.75, 3.05) is 0 Å². The second-order valence-corrected chi connectivity index (χ2v) is 3.08. The normalized spacial score (nSPS) is 10.4. The second kappa shape index (κ2) is 6.37. The van der Waals surface area contributed by atoms with Crippen molar-refractivity contribution in [1.29, 1.82) is 15.8 Å². The number of furan rings is 1. The first-order chi connectivity index (χ1) is 8.72. The topological polar surface area (TPSA) is 111 Å². The quantitative estimate of drug-likeness (QED) is 0.637. The maximum atomic E-state index is 8.88. The Labute approximate surface area is 104 Å². The summed E-state index contributed by atoms with van der Waals surface area (Å²) in [4.78, 5) is 0. The van der Waals surface area contributed by atoms with Gasteiger partial charge in [0.25, 0.3) is 0 Å². The number of hydrogen-bond donors (Lipinski definition) is 1. The first kappa shape index (κ1) is 12.8. The lowest BCUT2D eigenvalue weighted by Crippen LogP contribution is -2.03. The lowest BCUT2D eigenvalue weighted by Gasteiger charge is -1.96. The highest BCUT2D eigenvalue weighted by Crippen LogP contribution is 2.09.